The van der Waals surface area contributed by atoms with Crippen LogP contribution >= 0.6 is 23.2 Å². The lowest BCUT2D eigenvalue weighted by molar-refractivity contribution is -0.118. The van der Waals surface area contributed by atoms with E-state index in [4.69, 9.17) is 33.9 Å². The SMILES string of the molecule is C[C@H](c1ccc(Cl)cc1Cl)n1nc(C#N)c2ncc(N3CC([C@]4(C)CCCN(CCC(N)=O)C4)C3)nc21. The second kappa shape index (κ2) is 10.1. The van der Waals surface area contributed by atoms with Gasteiger partial charge in [-0.1, -0.05) is 36.2 Å². The molecular weight excluding hydrogens is 511 g/mol. The zero-order valence-electron chi connectivity index (χ0n) is 21.0. The zero-order chi connectivity index (χ0) is 26.3. The average Bonchev–Trinajstić information content (AvgIpc) is 3.19. The van der Waals surface area contributed by atoms with Crippen LogP contribution in [0.3, 0.4) is 0 Å². The van der Waals surface area contributed by atoms with Crippen molar-refractivity contribution in [1.29, 1.82) is 5.26 Å². The molecule has 2 aliphatic rings. The highest BCUT2D eigenvalue weighted by Gasteiger charge is 2.44. The van der Waals surface area contributed by atoms with Gasteiger partial charge in [0.15, 0.2) is 11.3 Å². The molecular formula is C26H30Cl2N8O. The van der Waals surface area contributed by atoms with Gasteiger partial charge < -0.3 is 15.5 Å². The van der Waals surface area contributed by atoms with E-state index in [1.54, 1.807) is 23.0 Å². The maximum atomic E-state index is 11.2. The van der Waals surface area contributed by atoms with E-state index in [0.29, 0.717) is 33.5 Å². The smallest absolute Gasteiger partial charge is 0.218 e. The van der Waals surface area contributed by atoms with E-state index < -0.39 is 0 Å². The second-order valence-corrected chi connectivity index (χ2v) is 11.3. The number of nitriles is 1. The summed E-state index contributed by atoms with van der Waals surface area (Å²) in [4.78, 5) is 25.3. The third kappa shape index (κ3) is 4.98. The molecule has 1 amide bonds. The van der Waals surface area contributed by atoms with Gasteiger partial charge in [0.2, 0.25) is 5.91 Å². The van der Waals surface area contributed by atoms with Crippen molar-refractivity contribution in [3.8, 4) is 6.07 Å². The van der Waals surface area contributed by atoms with E-state index in [-0.39, 0.29) is 23.1 Å². The van der Waals surface area contributed by atoms with Crippen LogP contribution in [0.25, 0.3) is 11.2 Å². The number of fused-ring (bicyclic) bond motifs is 1. The average molecular weight is 541 g/mol. The van der Waals surface area contributed by atoms with Crippen molar-refractivity contribution in [1.82, 2.24) is 24.6 Å². The van der Waals surface area contributed by atoms with Gasteiger partial charge in [0.05, 0.1) is 12.2 Å². The standard InChI is InChI=1S/C26H30Cl2N8O/c1-16(19-5-4-18(27)10-20(19)28)36-25-24(21(11-29)33-36)31-12-23(32-25)35-13-17(14-35)26(2)7-3-8-34(15-26)9-6-22(30)37/h4-5,10,12,16-17H,3,6-9,13-15H2,1-2H3,(H2,30,37)/t16-,26-/m1/s1. The summed E-state index contributed by atoms with van der Waals surface area (Å²) in [5.74, 6) is 1.05. The molecule has 2 fully saturated rings. The number of hydrogen-bond donors (Lipinski definition) is 1. The van der Waals surface area contributed by atoms with Crippen LogP contribution in [0.1, 0.15) is 50.4 Å². The highest BCUT2D eigenvalue weighted by atomic mass is 35.5. The summed E-state index contributed by atoms with van der Waals surface area (Å²) in [6.45, 7) is 8.81. The molecule has 2 aliphatic heterocycles. The van der Waals surface area contributed by atoms with Crippen LogP contribution in [0.4, 0.5) is 5.82 Å². The predicted octanol–water partition coefficient (Wildman–Crippen LogP) is 4.03. The Kier molecular flexibility index (Phi) is 7.01. The van der Waals surface area contributed by atoms with Gasteiger partial charge in [-0.2, -0.15) is 10.4 Å². The van der Waals surface area contributed by atoms with Crippen molar-refractivity contribution in [3.63, 3.8) is 0 Å². The number of carbonyl (C=O) groups is 1. The normalized spacial score (nSPS) is 21.5. The Labute approximate surface area is 226 Å². The van der Waals surface area contributed by atoms with Crippen LogP contribution in [-0.4, -0.2) is 63.3 Å². The summed E-state index contributed by atoms with van der Waals surface area (Å²) >= 11 is 12.5. The maximum Gasteiger partial charge on any atom is 0.218 e. The van der Waals surface area contributed by atoms with Crippen molar-refractivity contribution in [2.45, 2.75) is 39.2 Å². The minimum absolute atomic E-state index is 0.180. The third-order valence-corrected chi connectivity index (χ3v) is 8.51. The molecule has 0 saturated carbocycles. The van der Waals surface area contributed by atoms with Gasteiger partial charge >= 0.3 is 0 Å². The topological polar surface area (TPSA) is 117 Å². The lowest BCUT2D eigenvalue weighted by Crippen LogP contribution is -2.58. The summed E-state index contributed by atoms with van der Waals surface area (Å²) in [5.41, 5.74) is 7.64. The number of nitrogens with two attached hydrogens (primary N) is 1. The van der Waals surface area contributed by atoms with Gasteiger partial charge in [-0.3, -0.25) is 4.79 Å². The molecule has 0 unspecified atom stereocenters. The largest absolute Gasteiger partial charge is 0.370 e. The number of benzene rings is 1. The molecule has 9 nitrogen and oxygen atoms in total. The van der Waals surface area contributed by atoms with Crippen LogP contribution < -0.4 is 10.6 Å². The number of anilines is 1. The first kappa shape index (κ1) is 25.7. The number of halogens is 2. The Bertz CT molecular complexity index is 1380. The number of hydrogen-bond acceptors (Lipinski definition) is 7. The lowest BCUT2D eigenvalue weighted by atomic mass is 9.68. The molecule has 1 aromatic carbocycles. The van der Waals surface area contributed by atoms with Gasteiger partial charge in [0, 0.05) is 48.6 Å². The Balaban J connectivity index is 1.36. The quantitative estimate of drug-likeness (QED) is 0.480. The van der Waals surface area contributed by atoms with Crippen LogP contribution in [0.2, 0.25) is 10.0 Å². The fourth-order valence-corrected chi connectivity index (χ4v) is 6.21. The van der Waals surface area contributed by atoms with Crippen molar-refractivity contribution in [2.24, 2.45) is 17.1 Å². The van der Waals surface area contributed by atoms with Crippen LogP contribution in [-0.2, 0) is 4.79 Å². The molecule has 194 valence electrons. The lowest BCUT2D eigenvalue weighted by Gasteiger charge is -2.53. The van der Waals surface area contributed by atoms with Gasteiger partial charge in [-0.15, -0.1) is 0 Å². The molecule has 2 N–H and O–H groups in total. The minimum Gasteiger partial charge on any atom is -0.370 e. The number of rotatable bonds is 7. The van der Waals surface area contributed by atoms with E-state index in [0.717, 1.165) is 50.5 Å². The number of likely N-dealkylation sites (tertiary alicyclic amines) is 1. The molecule has 2 saturated heterocycles. The minimum atomic E-state index is -0.268. The molecule has 5 rings (SSSR count). The fraction of sp³-hybridized carbons (Fsp3) is 0.500. The van der Waals surface area contributed by atoms with E-state index >= 15 is 0 Å². The molecule has 0 radical (unpaired) electrons. The first-order valence-corrected chi connectivity index (χ1v) is 13.3. The molecule has 3 aromatic rings. The summed E-state index contributed by atoms with van der Waals surface area (Å²) in [7, 11) is 0. The van der Waals surface area contributed by atoms with Crippen LogP contribution in [0.15, 0.2) is 24.4 Å². The highest BCUT2D eigenvalue weighted by molar-refractivity contribution is 6.35. The van der Waals surface area contributed by atoms with Crippen molar-refractivity contribution >= 4 is 46.1 Å². The fourth-order valence-electron chi connectivity index (χ4n) is 5.64. The van der Waals surface area contributed by atoms with Gasteiger partial charge in [0.25, 0.3) is 0 Å². The Hall–Kier alpha value is -2.93. The van der Waals surface area contributed by atoms with E-state index in [1.807, 2.05) is 13.0 Å². The van der Waals surface area contributed by atoms with Gasteiger partial charge in [0.1, 0.15) is 17.4 Å². The second-order valence-electron chi connectivity index (χ2n) is 10.5. The van der Waals surface area contributed by atoms with E-state index in [1.165, 1.54) is 6.42 Å². The van der Waals surface area contributed by atoms with E-state index in [2.05, 4.69) is 32.9 Å². The first-order valence-electron chi connectivity index (χ1n) is 12.5. The number of aromatic nitrogens is 4. The third-order valence-electron chi connectivity index (χ3n) is 7.95. The predicted molar refractivity (Wildman–Crippen MR) is 144 cm³/mol. The molecule has 0 bridgehead atoms. The molecule has 11 heteroatoms. The maximum absolute atomic E-state index is 11.2. The molecule has 0 aliphatic carbocycles. The van der Waals surface area contributed by atoms with Gasteiger partial charge in [-0.05, 0) is 49.4 Å². The molecule has 2 atom stereocenters. The Morgan fingerprint density at radius 3 is 2.84 bits per heavy atom. The summed E-state index contributed by atoms with van der Waals surface area (Å²) in [6.07, 6.45) is 4.42. The Morgan fingerprint density at radius 2 is 2.14 bits per heavy atom. The molecule has 4 heterocycles. The number of nitrogens with zero attached hydrogens (tertiary/aromatic N) is 7. The van der Waals surface area contributed by atoms with Gasteiger partial charge in [-0.25, -0.2) is 14.6 Å². The van der Waals surface area contributed by atoms with Crippen LogP contribution in [0, 0.1) is 22.7 Å². The molecule has 37 heavy (non-hydrogen) atoms. The summed E-state index contributed by atoms with van der Waals surface area (Å²) < 4.78 is 1.72. The highest BCUT2D eigenvalue weighted by Crippen LogP contribution is 2.43. The number of piperidine rings is 1. The zero-order valence-corrected chi connectivity index (χ0v) is 22.5. The first-order chi connectivity index (χ1) is 17.7. The summed E-state index contributed by atoms with van der Waals surface area (Å²) in [6, 6.07) is 7.22. The number of primary amides is 1. The van der Waals surface area contributed by atoms with Crippen LogP contribution in [0.5, 0.6) is 0 Å². The van der Waals surface area contributed by atoms with Crippen molar-refractivity contribution < 1.29 is 4.79 Å². The van der Waals surface area contributed by atoms with Crippen molar-refractivity contribution in [3.05, 3.63) is 45.7 Å². The molecule has 2 aromatic heterocycles. The number of amides is 1. The monoisotopic (exact) mass is 540 g/mol. The van der Waals surface area contributed by atoms with Crippen molar-refractivity contribution in [2.75, 3.05) is 37.6 Å². The molecule has 0 spiro atoms. The number of carbonyl (C=O) groups excluding carboxylic acids is 1. The Morgan fingerprint density at radius 1 is 1.35 bits per heavy atom. The summed E-state index contributed by atoms with van der Waals surface area (Å²) in [5, 5.41) is 15.2. The van der Waals surface area contributed by atoms with E-state index in [9.17, 15) is 10.1 Å².